The number of benzene rings is 2. The number of ether oxygens (including phenoxy) is 2. The van der Waals surface area contributed by atoms with Gasteiger partial charge in [-0.15, -0.1) is 10.2 Å². The Morgan fingerprint density at radius 3 is 2.45 bits per heavy atom. The van der Waals surface area contributed by atoms with Crippen molar-refractivity contribution in [2.45, 2.75) is 0 Å². The minimum atomic E-state index is -0.119. The number of methoxy groups -OCH3 is 2. The Balaban J connectivity index is 2.01. The number of nitrogens with zero attached hydrogens (tertiary/aromatic N) is 3. The highest BCUT2D eigenvalue weighted by Crippen LogP contribution is 2.44. The van der Waals surface area contributed by atoms with Crippen molar-refractivity contribution in [3.8, 4) is 17.2 Å². The van der Waals surface area contributed by atoms with Crippen molar-refractivity contribution in [3.63, 3.8) is 0 Å². The highest BCUT2D eigenvalue weighted by Gasteiger charge is 2.14. The van der Waals surface area contributed by atoms with E-state index in [-0.39, 0.29) is 11.4 Å². The molecule has 1 heterocycles. The Kier molecular flexibility index (Phi) is 3.88. The van der Waals surface area contributed by atoms with Gasteiger partial charge in [0.25, 0.3) is 0 Å². The second kappa shape index (κ2) is 5.98. The monoisotopic (exact) mass is 315 g/mol. The van der Waals surface area contributed by atoms with E-state index in [1.54, 1.807) is 12.1 Å². The van der Waals surface area contributed by atoms with E-state index in [2.05, 4.69) is 15.2 Å². The van der Waals surface area contributed by atoms with Crippen molar-refractivity contribution in [2.24, 2.45) is 10.2 Å². The normalized spacial score (nSPS) is 11.2. The lowest BCUT2D eigenvalue weighted by Crippen LogP contribution is -1.87. The van der Waals surface area contributed by atoms with Crippen molar-refractivity contribution in [1.29, 1.82) is 0 Å². The van der Waals surface area contributed by atoms with Crippen molar-refractivity contribution in [2.75, 3.05) is 14.2 Å². The second-order valence-corrected chi connectivity index (χ2v) is 5.34. The molecule has 0 atom stereocenters. The molecule has 7 heteroatoms. The van der Waals surface area contributed by atoms with Gasteiger partial charge in [0.1, 0.15) is 0 Å². The van der Waals surface area contributed by atoms with Crippen molar-refractivity contribution in [1.82, 2.24) is 4.98 Å². The summed E-state index contributed by atoms with van der Waals surface area (Å²) in [6.45, 7) is 0. The molecule has 0 fully saturated rings. The van der Waals surface area contributed by atoms with Crippen LogP contribution >= 0.6 is 11.3 Å². The highest BCUT2D eigenvalue weighted by atomic mass is 32.1. The summed E-state index contributed by atoms with van der Waals surface area (Å²) in [6, 6.07) is 11.0. The first-order valence-electron chi connectivity index (χ1n) is 6.44. The molecular weight excluding hydrogens is 302 g/mol. The minimum Gasteiger partial charge on any atom is -0.503 e. The third-order valence-corrected chi connectivity index (χ3v) is 3.96. The average molecular weight is 315 g/mol. The predicted molar refractivity (Wildman–Crippen MR) is 85.0 cm³/mol. The molecule has 1 aromatic heterocycles. The predicted octanol–water partition coefficient (Wildman–Crippen LogP) is 4.43. The summed E-state index contributed by atoms with van der Waals surface area (Å²) < 4.78 is 11.3. The van der Waals surface area contributed by atoms with E-state index < -0.39 is 0 Å². The lowest BCUT2D eigenvalue weighted by Gasteiger charge is -2.08. The van der Waals surface area contributed by atoms with Crippen LogP contribution in [0.3, 0.4) is 0 Å². The van der Waals surface area contributed by atoms with Crippen LogP contribution in [0.5, 0.6) is 17.2 Å². The summed E-state index contributed by atoms with van der Waals surface area (Å²) in [5.74, 6) is 0.592. The van der Waals surface area contributed by atoms with Crippen LogP contribution in [0.25, 0.3) is 10.2 Å². The topological polar surface area (TPSA) is 76.3 Å². The third-order valence-electron chi connectivity index (χ3n) is 3.04. The number of phenols is 1. The molecule has 0 aliphatic rings. The molecule has 1 N–H and O–H groups in total. The molecule has 6 nitrogen and oxygen atoms in total. The maximum absolute atomic E-state index is 10.1. The van der Waals surface area contributed by atoms with Gasteiger partial charge in [0.05, 0.1) is 24.4 Å². The van der Waals surface area contributed by atoms with E-state index in [0.29, 0.717) is 16.6 Å². The second-order valence-electron chi connectivity index (χ2n) is 4.33. The maximum atomic E-state index is 10.1. The first-order chi connectivity index (χ1) is 10.7. The summed E-state index contributed by atoms with van der Waals surface area (Å²) in [4.78, 5) is 4.36. The van der Waals surface area contributed by atoms with E-state index in [0.717, 1.165) is 10.2 Å². The largest absolute Gasteiger partial charge is 0.503 e. The van der Waals surface area contributed by atoms with Gasteiger partial charge in [-0.25, -0.2) is 4.98 Å². The molecule has 0 saturated carbocycles. The van der Waals surface area contributed by atoms with E-state index in [1.165, 1.54) is 25.6 Å². The Bertz CT molecular complexity index is 812. The van der Waals surface area contributed by atoms with Gasteiger partial charge in [-0.05, 0) is 24.3 Å². The quantitative estimate of drug-likeness (QED) is 0.722. The fourth-order valence-corrected chi connectivity index (χ4v) is 2.75. The van der Waals surface area contributed by atoms with Crippen LogP contribution in [0.2, 0.25) is 0 Å². The number of phenolic OH excluding ortho intramolecular Hbond substituents is 1. The highest BCUT2D eigenvalue weighted by molar-refractivity contribution is 7.21. The molecule has 0 aliphatic heterocycles. The molecule has 3 aromatic rings. The number of hydrogen-bond acceptors (Lipinski definition) is 7. The van der Waals surface area contributed by atoms with Gasteiger partial charge in [-0.2, -0.15) is 0 Å². The van der Waals surface area contributed by atoms with Crippen molar-refractivity contribution in [3.05, 3.63) is 36.4 Å². The zero-order valence-electron chi connectivity index (χ0n) is 12.0. The maximum Gasteiger partial charge on any atom is 0.231 e. The lowest BCUT2D eigenvalue weighted by molar-refractivity contribution is 0.367. The molecular formula is C15H13N3O3S. The van der Waals surface area contributed by atoms with E-state index in [4.69, 9.17) is 9.47 Å². The molecule has 0 amide bonds. The van der Waals surface area contributed by atoms with Gasteiger partial charge in [0.15, 0.2) is 22.9 Å². The first-order valence-corrected chi connectivity index (χ1v) is 7.26. The zero-order valence-corrected chi connectivity index (χ0v) is 12.8. The fraction of sp³-hybridized carbons (Fsp3) is 0.133. The number of thiazole rings is 1. The number of hydrogen-bond donors (Lipinski definition) is 1. The van der Waals surface area contributed by atoms with Crippen LogP contribution in [-0.2, 0) is 0 Å². The van der Waals surface area contributed by atoms with Crippen LogP contribution in [0.15, 0.2) is 46.6 Å². The minimum absolute atomic E-state index is 0.119. The molecule has 2 aromatic carbocycles. The van der Waals surface area contributed by atoms with Crippen molar-refractivity contribution >= 4 is 32.4 Å². The lowest BCUT2D eigenvalue weighted by atomic mass is 10.2. The third kappa shape index (κ3) is 2.58. The SMILES string of the molecule is COc1ccc(OC)c(N=Nc2nc3ccccc3s2)c1O. The van der Waals surface area contributed by atoms with Gasteiger partial charge >= 0.3 is 0 Å². The van der Waals surface area contributed by atoms with E-state index in [9.17, 15) is 5.11 Å². The molecule has 0 unspecified atom stereocenters. The van der Waals surface area contributed by atoms with E-state index >= 15 is 0 Å². The van der Waals surface area contributed by atoms with E-state index in [1.807, 2.05) is 24.3 Å². The first kappa shape index (κ1) is 14.3. The van der Waals surface area contributed by atoms with Crippen LogP contribution in [-0.4, -0.2) is 24.3 Å². The molecule has 3 rings (SSSR count). The van der Waals surface area contributed by atoms with Gasteiger partial charge < -0.3 is 14.6 Å². The smallest absolute Gasteiger partial charge is 0.231 e. The zero-order chi connectivity index (χ0) is 15.5. The molecule has 0 radical (unpaired) electrons. The van der Waals surface area contributed by atoms with Crippen LogP contribution < -0.4 is 9.47 Å². The molecule has 0 aliphatic carbocycles. The number of azo groups is 1. The number of para-hydroxylation sites is 1. The number of fused-ring (bicyclic) bond motifs is 1. The summed E-state index contributed by atoms with van der Waals surface area (Å²) in [5.41, 5.74) is 1.07. The molecule has 112 valence electrons. The molecule has 0 saturated heterocycles. The Hall–Kier alpha value is -2.67. The average Bonchev–Trinajstić information content (AvgIpc) is 2.96. The fourth-order valence-electron chi connectivity index (χ4n) is 1.96. The summed E-state index contributed by atoms with van der Waals surface area (Å²) >= 11 is 1.42. The number of aromatic hydroxyl groups is 1. The Labute approximate surface area is 130 Å². The number of rotatable bonds is 4. The molecule has 0 bridgehead atoms. The van der Waals surface area contributed by atoms with Gasteiger partial charge in [0, 0.05) is 0 Å². The number of aromatic nitrogens is 1. The van der Waals surface area contributed by atoms with Crippen LogP contribution in [0, 0.1) is 0 Å². The molecule has 22 heavy (non-hydrogen) atoms. The standard InChI is InChI=1S/C15H13N3O3S/c1-20-10-7-8-11(21-2)14(19)13(10)17-18-15-16-9-5-3-4-6-12(9)22-15/h3-8,19H,1-2H3. The van der Waals surface area contributed by atoms with Gasteiger partial charge in [0.2, 0.25) is 5.13 Å². The van der Waals surface area contributed by atoms with Crippen LogP contribution in [0.4, 0.5) is 10.8 Å². The van der Waals surface area contributed by atoms with Crippen LogP contribution in [0.1, 0.15) is 0 Å². The van der Waals surface area contributed by atoms with Gasteiger partial charge in [-0.3, -0.25) is 0 Å². The molecule has 0 spiro atoms. The van der Waals surface area contributed by atoms with Crippen molar-refractivity contribution < 1.29 is 14.6 Å². The summed E-state index contributed by atoms with van der Waals surface area (Å²) in [5, 5.41) is 18.8. The van der Waals surface area contributed by atoms with Gasteiger partial charge in [-0.1, -0.05) is 23.5 Å². The Morgan fingerprint density at radius 2 is 1.73 bits per heavy atom. The summed E-state index contributed by atoms with van der Waals surface area (Å²) in [7, 11) is 2.97. The Morgan fingerprint density at radius 1 is 1.00 bits per heavy atom. The summed E-state index contributed by atoms with van der Waals surface area (Å²) in [6.07, 6.45) is 0.